The van der Waals surface area contributed by atoms with Crippen LogP contribution in [-0.4, -0.2) is 22.9 Å². The molecule has 1 aromatic rings. The van der Waals surface area contributed by atoms with Crippen LogP contribution in [0.4, 0.5) is 0 Å². The van der Waals surface area contributed by atoms with Crippen LogP contribution in [-0.2, 0) is 4.79 Å². The van der Waals surface area contributed by atoms with Crippen LogP contribution >= 0.6 is 0 Å². The molecule has 0 atom stereocenters. The molecular formula is C20H27NO. The lowest BCUT2D eigenvalue weighted by Gasteiger charge is -2.30. The zero-order chi connectivity index (χ0) is 16.7. The fourth-order valence-corrected chi connectivity index (χ4v) is 2.57. The number of allylic oxidation sites excluding steroid dienone is 4. The van der Waals surface area contributed by atoms with Crippen molar-refractivity contribution in [3.05, 3.63) is 66.3 Å². The van der Waals surface area contributed by atoms with Crippen LogP contribution in [0.3, 0.4) is 0 Å². The average molecular weight is 297 g/mol. The van der Waals surface area contributed by atoms with Crippen molar-refractivity contribution in [3.63, 3.8) is 0 Å². The molecular weight excluding hydrogens is 270 g/mol. The van der Waals surface area contributed by atoms with Gasteiger partial charge >= 0.3 is 0 Å². The van der Waals surface area contributed by atoms with E-state index in [0.29, 0.717) is 0 Å². The molecule has 0 saturated carbocycles. The number of hydrogen-bond donors (Lipinski definition) is 0. The van der Waals surface area contributed by atoms with Crippen molar-refractivity contribution < 1.29 is 4.79 Å². The number of hydrogen-bond acceptors (Lipinski definition) is 1. The maximum absolute atomic E-state index is 12.7. The van der Waals surface area contributed by atoms with Gasteiger partial charge in [0.1, 0.15) is 0 Å². The van der Waals surface area contributed by atoms with Gasteiger partial charge in [0.2, 0.25) is 5.91 Å². The molecule has 0 N–H and O–H groups in total. The third-order valence-corrected chi connectivity index (χ3v) is 3.43. The monoisotopic (exact) mass is 297 g/mol. The summed E-state index contributed by atoms with van der Waals surface area (Å²) in [5.74, 6) is 0.0227. The highest BCUT2D eigenvalue weighted by molar-refractivity contribution is 5.99. The van der Waals surface area contributed by atoms with Gasteiger partial charge in [-0.15, -0.1) is 0 Å². The molecule has 22 heavy (non-hydrogen) atoms. The van der Waals surface area contributed by atoms with Gasteiger partial charge in [-0.25, -0.2) is 0 Å². The maximum Gasteiger partial charge on any atom is 0.247 e. The zero-order valence-corrected chi connectivity index (χ0v) is 14.3. The van der Waals surface area contributed by atoms with Crippen molar-refractivity contribution in [2.24, 2.45) is 0 Å². The lowest BCUT2D eigenvalue weighted by Crippen LogP contribution is -2.41. The first-order valence-corrected chi connectivity index (χ1v) is 7.79. The molecule has 0 aliphatic heterocycles. The van der Waals surface area contributed by atoms with Gasteiger partial charge < -0.3 is 4.90 Å². The molecule has 0 fully saturated rings. The number of benzene rings is 1. The van der Waals surface area contributed by atoms with Gasteiger partial charge in [-0.3, -0.25) is 4.79 Å². The molecule has 0 aliphatic carbocycles. The van der Waals surface area contributed by atoms with Crippen molar-refractivity contribution in [1.29, 1.82) is 0 Å². The van der Waals surface area contributed by atoms with E-state index in [-0.39, 0.29) is 18.0 Å². The molecule has 0 aromatic heterocycles. The first-order valence-electron chi connectivity index (χ1n) is 7.79. The largest absolute Gasteiger partial charge is 0.334 e. The maximum atomic E-state index is 12.7. The van der Waals surface area contributed by atoms with E-state index in [2.05, 4.69) is 6.58 Å². The van der Waals surface area contributed by atoms with Gasteiger partial charge in [0.05, 0.1) is 0 Å². The summed E-state index contributed by atoms with van der Waals surface area (Å²) in [6, 6.07) is 10.2. The number of rotatable bonds is 6. The molecule has 2 nitrogen and oxygen atoms in total. The van der Waals surface area contributed by atoms with E-state index >= 15 is 0 Å². The van der Waals surface area contributed by atoms with E-state index in [9.17, 15) is 4.79 Å². The number of carbonyl (C=O) groups is 1. The lowest BCUT2D eigenvalue weighted by molar-refractivity contribution is -0.129. The molecule has 1 rings (SSSR count). The Morgan fingerprint density at radius 2 is 1.64 bits per heavy atom. The summed E-state index contributed by atoms with van der Waals surface area (Å²) in [7, 11) is 0. The first kappa shape index (κ1) is 18.0. The fourth-order valence-electron chi connectivity index (χ4n) is 2.57. The molecule has 1 amide bonds. The van der Waals surface area contributed by atoms with E-state index in [1.165, 1.54) is 0 Å². The van der Waals surface area contributed by atoms with Crippen LogP contribution in [0.15, 0.2) is 60.7 Å². The summed E-state index contributed by atoms with van der Waals surface area (Å²) in [5.41, 5.74) is 2.72. The highest BCUT2D eigenvalue weighted by Gasteiger charge is 2.19. The second kappa shape index (κ2) is 8.38. The predicted molar refractivity (Wildman–Crippen MR) is 95.5 cm³/mol. The Morgan fingerprint density at radius 3 is 2.09 bits per heavy atom. The van der Waals surface area contributed by atoms with E-state index < -0.39 is 0 Å². The number of amides is 1. The van der Waals surface area contributed by atoms with Crippen LogP contribution < -0.4 is 0 Å². The standard InChI is InChI=1S/C20H27NO/c1-7-11-17(6)19(18-12-9-8-10-13-18)14-20(22)21(15(2)3)16(4)5/h7-16H,6H2,1-5H3/b11-7+,19-14-. The second-order valence-electron chi connectivity index (χ2n) is 5.88. The second-order valence-corrected chi connectivity index (χ2v) is 5.88. The Labute approximate surface area is 134 Å². The third kappa shape index (κ3) is 4.73. The van der Waals surface area contributed by atoms with E-state index in [1.54, 1.807) is 6.08 Å². The Bertz CT molecular complexity index is 557. The van der Waals surface area contributed by atoms with Gasteiger partial charge in [-0.05, 0) is 51.3 Å². The van der Waals surface area contributed by atoms with Crippen LogP contribution in [0.2, 0.25) is 0 Å². The number of carbonyl (C=O) groups excluding carboxylic acids is 1. The normalized spacial score (nSPS) is 12.2. The fraction of sp³-hybridized carbons (Fsp3) is 0.350. The predicted octanol–water partition coefficient (Wildman–Crippen LogP) is 4.85. The molecule has 0 unspecified atom stereocenters. The van der Waals surface area contributed by atoms with E-state index in [1.807, 2.05) is 82.0 Å². The molecule has 0 bridgehead atoms. The van der Waals surface area contributed by atoms with E-state index in [4.69, 9.17) is 0 Å². The Morgan fingerprint density at radius 1 is 1.09 bits per heavy atom. The minimum absolute atomic E-state index is 0.0227. The third-order valence-electron chi connectivity index (χ3n) is 3.43. The van der Waals surface area contributed by atoms with Gasteiger partial charge in [0.25, 0.3) is 0 Å². The quantitative estimate of drug-likeness (QED) is 0.543. The molecule has 1 aromatic carbocycles. The summed E-state index contributed by atoms with van der Waals surface area (Å²) in [6.45, 7) is 14.2. The molecule has 0 heterocycles. The Hall–Kier alpha value is -2.09. The van der Waals surface area contributed by atoms with Gasteiger partial charge in [-0.2, -0.15) is 0 Å². The summed E-state index contributed by atoms with van der Waals surface area (Å²) in [4.78, 5) is 14.6. The smallest absolute Gasteiger partial charge is 0.247 e. The van der Waals surface area contributed by atoms with Crippen molar-refractivity contribution in [2.75, 3.05) is 0 Å². The van der Waals surface area contributed by atoms with Crippen molar-refractivity contribution in [2.45, 2.75) is 46.7 Å². The van der Waals surface area contributed by atoms with Gasteiger partial charge in [0.15, 0.2) is 0 Å². The molecule has 0 saturated heterocycles. The Kier molecular flexibility index (Phi) is 6.84. The van der Waals surface area contributed by atoms with Crippen LogP contribution in [0.25, 0.3) is 5.57 Å². The summed E-state index contributed by atoms with van der Waals surface area (Å²) < 4.78 is 0. The molecule has 0 aliphatic rings. The molecule has 2 heteroatoms. The minimum Gasteiger partial charge on any atom is -0.334 e. The molecule has 0 radical (unpaired) electrons. The van der Waals surface area contributed by atoms with Crippen molar-refractivity contribution in [1.82, 2.24) is 4.90 Å². The lowest BCUT2D eigenvalue weighted by atomic mass is 9.97. The average Bonchev–Trinajstić information content (AvgIpc) is 2.45. The zero-order valence-electron chi connectivity index (χ0n) is 14.3. The highest BCUT2D eigenvalue weighted by atomic mass is 16.2. The molecule has 118 valence electrons. The Balaban J connectivity index is 3.26. The topological polar surface area (TPSA) is 20.3 Å². The minimum atomic E-state index is 0.0227. The summed E-state index contributed by atoms with van der Waals surface area (Å²) >= 11 is 0. The van der Waals surface area contributed by atoms with Gasteiger partial charge in [-0.1, -0.05) is 49.1 Å². The van der Waals surface area contributed by atoms with Crippen molar-refractivity contribution in [3.8, 4) is 0 Å². The van der Waals surface area contributed by atoms with Crippen molar-refractivity contribution >= 4 is 11.5 Å². The van der Waals surface area contributed by atoms with Crippen LogP contribution in [0.5, 0.6) is 0 Å². The van der Waals surface area contributed by atoms with Gasteiger partial charge in [0, 0.05) is 18.2 Å². The summed E-state index contributed by atoms with van der Waals surface area (Å²) in [6.07, 6.45) is 5.57. The number of nitrogens with zero attached hydrogens (tertiary/aromatic N) is 1. The summed E-state index contributed by atoms with van der Waals surface area (Å²) in [5, 5.41) is 0. The molecule has 0 spiro atoms. The highest BCUT2D eigenvalue weighted by Crippen LogP contribution is 2.23. The first-order chi connectivity index (χ1) is 10.4. The van der Waals surface area contributed by atoms with Crippen LogP contribution in [0.1, 0.15) is 40.2 Å². The van der Waals surface area contributed by atoms with Crippen LogP contribution in [0, 0.1) is 0 Å². The van der Waals surface area contributed by atoms with E-state index in [0.717, 1.165) is 16.7 Å². The SMILES string of the molecule is C=C(/C=C/C)/C(=C/C(=O)N(C(C)C)C(C)C)c1ccccc1.